The fourth-order valence-corrected chi connectivity index (χ4v) is 3.49. The largest absolute Gasteiger partial charge is 0.294 e. The maximum atomic E-state index is 12.9. The molecular weight excluding hydrogens is 344 g/mol. The molecule has 1 unspecified atom stereocenters. The Kier molecular flexibility index (Phi) is 4.55. The van der Waals surface area contributed by atoms with Crippen LogP contribution in [0.25, 0.3) is 10.9 Å². The first-order valence-corrected chi connectivity index (χ1v) is 8.87. The topological polar surface area (TPSA) is 34.9 Å². The molecule has 0 aliphatic heterocycles. The van der Waals surface area contributed by atoms with Gasteiger partial charge in [-0.25, -0.2) is 0 Å². The summed E-state index contributed by atoms with van der Waals surface area (Å²) < 4.78 is 1.90. The van der Waals surface area contributed by atoms with Gasteiger partial charge in [-0.05, 0) is 17.7 Å². The molecule has 3 nitrogen and oxygen atoms in total. The van der Waals surface area contributed by atoms with E-state index in [2.05, 4.69) is 5.10 Å². The van der Waals surface area contributed by atoms with Crippen molar-refractivity contribution in [2.45, 2.75) is 12.5 Å². The van der Waals surface area contributed by atoms with Gasteiger partial charge in [0.15, 0.2) is 5.78 Å². The van der Waals surface area contributed by atoms with Gasteiger partial charge in [0, 0.05) is 22.4 Å². The van der Waals surface area contributed by atoms with Crippen LogP contribution in [-0.2, 0) is 0 Å². The summed E-state index contributed by atoms with van der Waals surface area (Å²) in [6.45, 7) is 0. The van der Waals surface area contributed by atoms with Crippen molar-refractivity contribution < 1.29 is 4.79 Å². The first kappa shape index (κ1) is 16.6. The molecule has 26 heavy (non-hydrogen) atoms. The van der Waals surface area contributed by atoms with E-state index in [1.807, 2.05) is 89.7 Å². The minimum atomic E-state index is -0.267. The van der Waals surface area contributed by atoms with Crippen LogP contribution in [0.5, 0.6) is 0 Å². The SMILES string of the molecule is O=C(CC(c1ccccc1Cl)n1ncc2ccccc21)c1ccccc1. The average Bonchev–Trinajstić information content (AvgIpc) is 3.11. The Hall–Kier alpha value is -2.91. The third kappa shape index (κ3) is 3.14. The second-order valence-electron chi connectivity index (χ2n) is 6.18. The summed E-state index contributed by atoms with van der Waals surface area (Å²) in [6, 6.07) is 24.7. The Bertz CT molecular complexity index is 1060. The van der Waals surface area contributed by atoms with Crippen molar-refractivity contribution in [1.29, 1.82) is 0 Å². The Labute approximate surface area is 156 Å². The number of carbonyl (C=O) groups excluding carboxylic acids is 1. The second-order valence-corrected chi connectivity index (χ2v) is 6.59. The van der Waals surface area contributed by atoms with Gasteiger partial charge in [-0.15, -0.1) is 0 Å². The summed E-state index contributed by atoms with van der Waals surface area (Å²) in [7, 11) is 0. The van der Waals surface area contributed by atoms with Crippen molar-refractivity contribution >= 4 is 28.3 Å². The molecule has 0 aliphatic rings. The number of halogens is 1. The van der Waals surface area contributed by atoms with E-state index < -0.39 is 0 Å². The molecular formula is C22H17ClN2O. The highest BCUT2D eigenvalue weighted by Crippen LogP contribution is 2.31. The first-order valence-electron chi connectivity index (χ1n) is 8.49. The zero-order valence-corrected chi connectivity index (χ0v) is 14.8. The Balaban J connectivity index is 1.80. The van der Waals surface area contributed by atoms with Gasteiger partial charge in [0.25, 0.3) is 0 Å². The van der Waals surface area contributed by atoms with Crippen molar-refractivity contribution in [2.75, 3.05) is 0 Å². The van der Waals surface area contributed by atoms with E-state index in [-0.39, 0.29) is 11.8 Å². The van der Waals surface area contributed by atoms with Gasteiger partial charge in [0.1, 0.15) is 0 Å². The van der Waals surface area contributed by atoms with Crippen LogP contribution in [0.15, 0.2) is 85.1 Å². The molecule has 1 atom stereocenters. The lowest BCUT2D eigenvalue weighted by molar-refractivity contribution is 0.0968. The zero-order chi connectivity index (χ0) is 17.9. The van der Waals surface area contributed by atoms with Crippen molar-refractivity contribution in [1.82, 2.24) is 9.78 Å². The lowest BCUT2D eigenvalue weighted by Crippen LogP contribution is -2.17. The van der Waals surface area contributed by atoms with Crippen LogP contribution < -0.4 is 0 Å². The molecule has 0 radical (unpaired) electrons. The molecule has 4 heteroatoms. The summed E-state index contributed by atoms with van der Waals surface area (Å²) in [6.07, 6.45) is 2.12. The Morgan fingerprint density at radius 2 is 1.62 bits per heavy atom. The highest BCUT2D eigenvalue weighted by molar-refractivity contribution is 6.31. The van der Waals surface area contributed by atoms with E-state index in [1.165, 1.54) is 0 Å². The summed E-state index contributed by atoms with van der Waals surface area (Å²) in [5.41, 5.74) is 2.58. The highest BCUT2D eigenvalue weighted by Gasteiger charge is 2.23. The number of hydrogen-bond acceptors (Lipinski definition) is 2. The van der Waals surface area contributed by atoms with E-state index in [9.17, 15) is 4.79 Å². The predicted molar refractivity (Wildman–Crippen MR) is 105 cm³/mol. The van der Waals surface area contributed by atoms with Gasteiger partial charge in [0.05, 0.1) is 17.8 Å². The predicted octanol–water partition coefficient (Wildman–Crippen LogP) is 5.55. The summed E-state index contributed by atoms with van der Waals surface area (Å²) >= 11 is 6.46. The van der Waals surface area contributed by atoms with Crippen LogP contribution in [0.3, 0.4) is 0 Å². The molecule has 128 valence electrons. The number of carbonyl (C=O) groups is 1. The molecule has 0 fully saturated rings. The van der Waals surface area contributed by atoms with E-state index in [0.717, 1.165) is 16.5 Å². The molecule has 0 saturated heterocycles. The van der Waals surface area contributed by atoms with Gasteiger partial charge in [-0.1, -0.05) is 78.3 Å². The zero-order valence-electron chi connectivity index (χ0n) is 14.0. The number of hydrogen-bond donors (Lipinski definition) is 0. The molecule has 4 aromatic rings. The Morgan fingerprint density at radius 3 is 2.42 bits per heavy atom. The second kappa shape index (κ2) is 7.14. The smallest absolute Gasteiger partial charge is 0.165 e. The molecule has 0 aliphatic carbocycles. The number of rotatable bonds is 5. The molecule has 0 amide bonds. The minimum absolute atomic E-state index is 0.0649. The third-order valence-electron chi connectivity index (χ3n) is 4.54. The van der Waals surface area contributed by atoms with E-state index >= 15 is 0 Å². The number of aromatic nitrogens is 2. The van der Waals surface area contributed by atoms with E-state index in [0.29, 0.717) is 17.0 Å². The maximum absolute atomic E-state index is 12.9. The summed E-state index contributed by atoms with van der Waals surface area (Å²) in [5.74, 6) is 0.0649. The van der Waals surface area contributed by atoms with Gasteiger partial charge in [0.2, 0.25) is 0 Å². The first-order chi connectivity index (χ1) is 12.7. The highest BCUT2D eigenvalue weighted by atomic mass is 35.5. The number of Topliss-reactive ketones (excluding diaryl/α,β-unsaturated/α-hetero) is 1. The molecule has 3 aromatic carbocycles. The van der Waals surface area contributed by atoms with Crippen LogP contribution >= 0.6 is 11.6 Å². The van der Waals surface area contributed by atoms with Crippen molar-refractivity contribution in [3.8, 4) is 0 Å². The Morgan fingerprint density at radius 1 is 0.923 bits per heavy atom. The number of para-hydroxylation sites is 1. The van der Waals surface area contributed by atoms with Crippen molar-refractivity contribution in [3.05, 3.63) is 101 Å². The van der Waals surface area contributed by atoms with Crippen LogP contribution in [0, 0.1) is 0 Å². The molecule has 1 heterocycles. The third-order valence-corrected chi connectivity index (χ3v) is 4.88. The van der Waals surface area contributed by atoms with Gasteiger partial charge < -0.3 is 0 Å². The molecule has 0 N–H and O–H groups in total. The average molecular weight is 361 g/mol. The maximum Gasteiger partial charge on any atom is 0.165 e. The fourth-order valence-electron chi connectivity index (χ4n) is 3.23. The fraction of sp³-hybridized carbons (Fsp3) is 0.0909. The quantitative estimate of drug-likeness (QED) is 0.437. The molecule has 1 aromatic heterocycles. The molecule has 0 bridgehead atoms. The van der Waals surface area contributed by atoms with E-state index in [1.54, 1.807) is 0 Å². The normalized spacial score (nSPS) is 12.2. The summed E-state index contributed by atoms with van der Waals surface area (Å²) in [5, 5.41) is 6.24. The van der Waals surface area contributed by atoms with Gasteiger partial charge >= 0.3 is 0 Å². The van der Waals surface area contributed by atoms with Crippen LogP contribution in [0.2, 0.25) is 5.02 Å². The van der Waals surface area contributed by atoms with Gasteiger partial charge in [-0.2, -0.15) is 5.10 Å². The van der Waals surface area contributed by atoms with Crippen LogP contribution in [0.1, 0.15) is 28.4 Å². The summed E-state index contributed by atoms with van der Waals surface area (Å²) in [4.78, 5) is 12.9. The molecule has 0 spiro atoms. The lowest BCUT2D eigenvalue weighted by Gasteiger charge is -2.20. The minimum Gasteiger partial charge on any atom is -0.294 e. The van der Waals surface area contributed by atoms with Crippen molar-refractivity contribution in [2.24, 2.45) is 0 Å². The van der Waals surface area contributed by atoms with Crippen LogP contribution in [-0.4, -0.2) is 15.6 Å². The lowest BCUT2D eigenvalue weighted by atomic mass is 9.97. The molecule has 0 saturated carbocycles. The number of benzene rings is 3. The van der Waals surface area contributed by atoms with E-state index in [4.69, 9.17) is 11.6 Å². The molecule has 4 rings (SSSR count). The van der Waals surface area contributed by atoms with Gasteiger partial charge in [-0.3, -0.25) is 9.48 Å². The number of nitrogens with zero attached hydrogens (tertiary/aromatic N) is 2. The number of ketones is 1. The van der Waals surface area contributed by atoms with Crippen molar-refractivity contribution in [3.63, 3.8) is 0 Å². The standard InChI is InChI=1S/C22H17ClN2O/c23-19-12-6-5-11-18(19)21(14-22(26)16-8-2-1-3-9-16)25-20-13-7-4-10-17(20)15-24-25/h1-13,15,21H,14H2. The number of fused-ring (bicyclic) bond motifs is 1. The monoisotopic (exact) mass is 360 g/mol. The van der Waals surface area contributed by atoms with Crippen LogP contribution in [0.4, 0.5) is 0 Å².